The highest BCUT2D eigenvalue weighted by Gasteiger charge is 2.23. The van der Waals surface area contributed by atoms with E-state index in [0.717, 1.165) is 13.0 Å². The lowest BCUT2D eigenvalue weighted by molar-refractivity contribution is -0.143. The Balaban J connectivity index is 2.03. The Hall–Kier alpha value is -1.95. The van der Waals surface area contributed by atoms with E-state index >= 15 is 0 Å². The number of nitrogens with one attached hydrogen (secondary N) is 2. The first-order chi connectivity index (χ1) is 9.59. The first-order valence-electron chi connectivity index (χ1n) is 6.65. The molecule has 0 aliphatic carbocycles. The number of rotatable bonds is 1. The zero-order chi connectivity index (χ0) is 14.5. The Kier molecular flexibility index (Phi) is 4.68. The van der Waals surface area contributed by atoms with Crippen molar-refractivity contribution in [3.8, 4) is 0 Å². The van der Waals surface area contributed by atoms with Gasteiger partial charge in [0.2, 0.25) is 0 Å². The van der Waals surface area contributed by atoms with E-state index in [0.29, 0.717) is 30.9 Å². The number of carbonyl (C=O) groups excluding carboxylic acids is 2. The third-order valence-electron chi connectivity index (χ3n) is 3.34. The molecule has 0 atom stereocenters. The maximum atomic E-state index is 13.4. The van der Waals surface area contributed by atoms with Crippen LogP contribution in [-0.2, 0) is 9.59 Å². The fourth-order valence-electron chi connectivity index (χ4n) is 2.11. The van der Waals surface area contributed by atoms with Gasteiger partial charge in [-0.3, -0.25) is 9.59 Å². The van der Waals surface area contributed by atoms with E-state index in [4.69, 9.17) is 0 Å². The van der Waals surface area contributed by atoms with Crippen LogP contribution in [0, 0.1) is 12.7 Å². The molecule has 108 valence electrons. The number of hydrogen-bond acceptors (Lipinski definition) is 3. The highest BCUT2D eigenvalue weighted by Crippen LogP contribution is 2.17. The quantitative estimate of drug-likeness (QED) is 0.751. The number of anilines is 1. The van der Waals surface area contributed by atoms with Gasteiger partial charge in [0.1, 0.15) is 5.82 Å². The molecule has 6 heteroatoms. The molecule has 20 heavy (non-hydrogen) atoms. The molecule has 2 rings (SSSR count). The largest absolute Gasteiger partial charge is 0.333 e. The van der Waals surface area contributed by atoms with Crippen LogP contribution in [0.25, 0.3) is 0 Å². The highest BCUT2D eigenvalue weighted by molar-refractivity contribution is 6.39. The Morgan fingerprint density at radius 3 is 2.90 bits per heavy atom. The van der Waals surface area contributed by atoms with Gasteiger partial charge in [-0.25, -0.2) is 4.39 Å². The lowest BCUT2D eigenvalue weighted by Crippen LogP contribution is -2.41. The summed E-state index contributed by atoms with van der Waals surface area (Å²) in [7, 11) is 0. The molecule has 0 spiro atoms. The summed E-state index contributed by atoms with van der Waals surface area (Å²) in [5.74, 6) is -1.70. The summed E-state index contributed by atoms with van der Waals surface area (Å²) in [6, 6.07) is 4.39. The van der Waals surface area contributed by atoms with Crippen molar-refractivity contribution in [2.45, 2.75) is 13.3 Å². The van der Waals surface area contributed by atoms with Gasteiger partial charge in [0.15, 0.2) is 0 Å². The molecule has 1 heterocycles. The van der Waals surface area contributed by atoms with Crippen LogP contribution in [0.4, 0.5) is 10.1 Å². The minimum atomic E-state index is -0.722. The van der Waals surface area contributed by atoms with E-state index in [2.05, 4.69) is 10.6 Å². The molecule has 5 nitrogen and oxygen atoms in total. The van der Waals surface area contributed by atoms with Gasteiger partial charge in [0, 0.05) is 30.9 Å². The van der Waals surface area contributed by atoms with E-state index < -0.39 is 17.6 Å². The molecule has 0 unspecified atom stereocenters. The number of hydrogen-bond donors (Lipinski definition) is 2. The lowest BCUT2D eigenvalue weighted by atomic mass is 10.2. The fourth-order valence-corrected chi connectivity index (χ4v) is 2.11. The zero-order valence-electron chi connectivity index (χ0n) is 11.4. The Morgan fingerprint density at radius 1 is 1.30 bits per heavy atom. The monoisotopic (exact) mass is 279 g/mol. The van der Waals surface area contributed by atoms with Gasteiger partial charge in [-0.2, -0.15) is 0 Å². The summed E-state index contributed by atoms with van der Waals surface area (Å²) >= 11 is 0. The van der Waals surface area contributed by atoms with Gasteiger partial charge in [-0.15, -0.1) is 0 Å². The van der Waals surface area contributed by atoms with Crippen LogP contribution >= 0.6 is 0 Å². The van der Waals surface area contributed by atoms with Gasteiger partial charge >= 0.3 is 11.8 Å². The van der Waals surface area contributed by atoms with Crippen LogP contribution in [0.15, 0.2) is 18.2 Å². The van der Waals surface area contributed by atoms with Crippen LogP contribution in [-0.4, -0.2) is 42.9 Å². The minimum absolute atomic E-state index is 0.325. The molecular formula is C14H18FN3O2. The SMILES string of the molecule is Cc1c(F)cccc1NC(=O)C(=O)N1CCCNCC1. The average molecular weight is 279 g/mol. The van der Waals surface area contributed by atoms with Crippen LogP contribution in [0.1, 0.15) is 12.0 Å². The maximum Gasteiger partial charge on any atom is 0.313 e. The van der Waals surface area contributed by atoms with Crippen molar-refractivity contribution >= 4 is 17.5 Å². The van der Waals surface area contributed by atoms with Crippen molar-refractivity contribution < 1.29 is 14.0 Å². The summed E-state index contributed by atoms with van der Waals surface area (Å²) in [6.45, 7) is 4.15. The van der Waals surface area contributed by atoms with Crippen molar-refractivity contribution in [2.24, 2.45) is 0 Å². The van der Waals surface area contributed by atoms with Crippen molar-refractivity contribution in [3.05, 3.63) is 29.6 Å². The van der Waals surface area contributed by atoms with Crippen LogP contribution in [0.5, 0.6) is 0 Å². The predicted molar refractivity (Wildman–Crippen MR) is 73.8 cm³/mol. The standard InChI is InChI=1S/C14H18FN3O2/c1-10-11(15)4-2-5-12(10)17-13(19)14(20)18-8-3-6-16-7-9-18/h2,4-5,16H,3,6-9H2,1H3,(H,17,19). The molecule has 0 radical (unpaired) electrons. The third-order valence-corrected chi connectivity index (χ3v) is 3.34. The lowest BCUT2D eigenvalue weighted by Gasteiger charge is -2.19. The van der Waals surface area contributed by atoms with Gasteiger partial charge in [0.05, 0.1) is 0 Å². The normalized spacial score (nSPS) is 15.6. The zero-order valence-corrected chi connectivity index (χ0v) is 11.4. The molecular weight excluding hydrogens is 261 g/mol. The van der Waals surface area contributed by atoms with Crippen molar-refractivity contribution in [1.82, 2.24) is 10.2 Å². The number of benzene rings is 1. The van der Waals surface area contributed by atoms with Crippen LogP contribution in [0.3, 0.4) is 0 Å². The average Bonchev–Trinajstić information content (AvgIpc) is 2.72. The smallest absolute Gasteiger partial charge is 0.313 e. The van der Waals surface area contributed by atoms with Gasteiger partial charge in [-0.05, 0) is 32.0 Å². The molecule has 1 fully saturated rings. The Bertz CT molecular complexity index is 511. The molecule has 1 aromatic carbocycles. The highest BCUT2D eigenvalue weighted by atomic mass is 19.1. The van der Waals surface area contributed by atoms with Crippen molar-refractivity contribution in [2.75, 3.05) is 31.5 Å². The van der Waals surface area contributed by atoms with E-state index in [9.17, 15) is 14.0 Å². The van der Waals surface area contributed by atoms with E-state index in [1.807, 2.05) is 0 Å². The molecule has 1 aliphatic heterocycles. The Morgan fingerprint density at radius 2 is 2.10 bits per heavy atom. The van der Waals surface area contributed by atoms with Gasteiger partial charge in [-0.1, -0.05) is 6.07 Å². The number of nitrogens with zero attached hydrogens (tertiary/aromatic N) is 1. The summed E-state index contributed by atoms with van der Waals surface area (Å²) in [4.78, 5) is 25.5. The molecule has 2 N–H and O–H groups in total. The summed E-state index contributed by atoms with van der Waals surface area (Å²) in [6.07, 6.45) is 0.817. The second kappa shape index (κ2) is 6.47. The van der Waals surface area contributed by atoms with E-state index in [1.165, 1.54) is 17.0 Å². The second-order valence-corrected chi connectivity index (χ2v) is 4.76. The molecule has 0 bridgehead atoms. The summed E-state index contributed by atoms with van der Waals surface area (Å²) in [5.41, 5.74) is 0.655. The molecule has 1 aromatic rings. The van der Waals surface area contributed by atoms with E-state index in [-0.39, 0.29) is 0 Å². The van der Waals surface area contributed by atoms with Crippen molar-refractivity contribution in [3.63, 3.8) is 0 Å². The summed E-state index contributed by atoms with van der Waals surface area (Å²) in [5, 5.41) is 5.64. The fraction of sp³-hybridized carbons (Fsp3) is 0.429. The maximum absolute atomic E-state index is 13.4. The molecule has 1 aliphatic rings. The van der Waals surface area contributed by atoms with Crippen molar-refractivity contribution in [1.29, 1.82) is 0 Å². The number of carbonyl (C=O) groups is 2. The van der Waals surface area contributed by atoms with Gasteiger partial charge in [0.25, 0.3) is 0 Å². The third kappa shape index (κ3) is 3.33. The Labute approximate surface area is 117 Å². The molecule has 0 saturated carbocycles. The van der Waals surface area contributed by atoms with Crippen LogP contribution < -0.4 is 10.6 Å². The predicted octanol–water partition coefficient (Wildman–Crippen LogP) is 0.895. The van der Waals surface area contributed by atoms with Crippen LogP contribution in [0.2, 0.25) is 0 Å². The number of amides is 2. The second-order valence-electron chi connectivity index (χ2n) is 4.76. The minimum Gasteiger partial charge on any atom is -0.333 e. The summed E-state index contributed by atoms with van der Waals surface area (Å²) < 4.78 is 13.4. The first-order valence-corrected chi connectivity index (χ1v) is 6.65. The molecule has 1 saturated heterocycles. The molecule has 2 amide bonds. The molecule has 0 aromatic heterocycles. The van der Waals surface area contributed by atoms with E-state index in [1.54, 1.807) is 13.0 Å². The topological polar surface area (TPSA) is 61.4 Å². The number of halogens is 1. The van der Waals surface area contributed by atoms with Gasteiger partial charge < -0.3 is 15.5 Å². The first kappa shape index (κ1) is 14.5.